The summed E-state index contributed by atoms with van der Waals surface area (Å²) in [5.74, 6) is 0. The van der Waals surface area contributed by atoms with Crippen LogP contribution < -0.4 is 0 Å². The van der Waals surface area contributed by atoms with Crippen LogP contribution in [0.1, 0.15) is 0 Å². The maximum atomic E-state index is 11.1. The standard InChI is InChI=1S/2C6H4N4O4S/c2*7-8-9-15(13,14)6-3-1-5(2-4-6)10(11)12/h2*1-4H. The monoisotopic (exact) mass is 456 g/mol. The molecule has 0 saturated carbocycles. The lowest BCUT2D eigenvalue weighted by atomic mass is 10.3. The molecule has 0 atom stereocenters. The molecule has 0 aliphatic rings. The lowest BCUT2D eigenvalue weighted by Gasteiger charge is -1.95. The van der Waals surface area contributed by atoms with Gasteiger partial charge < -0.3 is 0 Å². The summed E-state index contributed by atoms with van der Waals surface area (Å²) in [4.78, 5) is 22.9. The van der Waals surface area contributed by atoms with Gasteiger partial charge in [0.1, 0.15) is 0 Å². The molecule has 0 heterocycles. The van der Waals surface area contributed by atoms with Gasteiger partial charge in [0.2, 0.25) is 0 Å². The van der Waals surface area contributed by atoms with Crippen molar-refractivity contribution in [2.75, 3.05) is 0 Å². The van der Waals surface area contributed by atoms with Crippen LogP contribution in [-0.4, -0.2) is 26.7 Å². The van der Waals surface area contributed by atoms with Crippen molar-refractivity contribution in [1.29, 1.82) is 0 Å². The summed E-state index contributed by atoms with van der Waals surface area (Å²) in [6.07, 6.45) is 0. The van der Waals surface area contributed by atoms with E-state index in [2.05, 4.69) is 18.9 Å². The number of azide groups is 2. The molecule has 0 aliphatic heterocycles. The van der Waals surface area contributed by atoms with Crippen LogP contribution in [0.2, 0.25) is 0 Å². The first-order chi connectivity index (χ1) is 13.9. The molecule has 30 heavy (non-hydrogen) atoms. The molecule has 0 spiro atoms. The minimum Gasteiger partial charge on any atom is -0.258 e. The minimum absolute atomic E-state index is 0.241. The quantitative estimate of drug-likeness (QED) is 0.204. The predicted octanol–water partition coefficient (Wildman–Crippen LogP) is 3.19. The zero-order valence-corrected chi connectivity index (χ0v) is 15.9. The first kappa shape index (κ1) is 23.8. The predicted molar refractivity (Wildman–Crippen MR) is 98.9 cm³/mol. The molecule has 0 aromatic heterocycles. The summed E-state index contributed by atoms with van der Waals surface area (Å²) in [5.41, 5.74) is 15.5. The summed E-state index contributed by atoms with van der Waals surface area (Å²) in [6.45, 7) is 0. The third kappa shape index (κ3) is 6.43. The second kappa shape index (κ2) is 9.80. The van der Waals surface area contributed by atoms with Crippen molar-refractivity contribution < 1.29 is 26.7 Å². The summed E-state index contributed by atoms with van der Waals surface area (Å²) >= 11 is 0. The van der Waals surface area contributed by atoms with E-state index in [0.29, 0.717) is 0 Å². The van der Waals surface area contributed by atoms with Crippen LogP contribution in [0, 0.1) is 20.2 Å². The zero-order chi connectivity index (χ0) is 22.9. The first-order valence-electron chi connectivity index (χ1n) is 7.06. The summed E-state index contributed by atoms with van der Waals surface area (Å²) in [5, 5.41) is 20.5. The minimum atomic E-state index is -4.07. The van der Waals surface area contributed by atoms with E-state index in [1.54, 1.807) is 0 Å². The van der Waals surface area contributed by atoms with E-state index >= 15 is 0 Å². The molecule has 2 aromatic carbocycles. The number of nitro benzene ring substituents is 2. The molecule has 0 N–H and O–H groups in total. The van der Waals surface area contributed by atoms with Crippen molar-refractivity contribution in [1.82, 2.24) is 0 Å². The Hall–Kier alpha value is -4.24. The van der Waals surface area contributed by atoms with Gasteiger partial charge in [0.25, 0.3) is 31.4 Å². The molecule has 156 valence electrons. The smallest absolute Gasteiger partial charge is 0.258 e. The van der Waals surface area contributed by atoms with E-state index < -0.39 is 29.9 Å². The molecule has 0 radical (unpaired) electrons. The average Bonchev–Trinajstić information content (AvgIpc) is 2.68. The zero-order valence-electron chi connectivity index (χ0n) is 14.3. The number of nitrogens with zero attached hydrogens (tertiary/aromatic N) is 8. The van der Waals surface area contributed by atoms with Gasteiger partial charge in [0.15, 0.2) is 0 Å². The summed E-state index contributed by atoms with van der Waals surface area (Å²) in [6, 6.07) is 8.06. The van der Waals surface area contributed by atoms with Gasteiger partial charge >= 0.3 is 0 Å². The summed E-state index contributed by atoms with van der Waals surface area (Å²) < 4.78 is 49.7. The number of benzene rings is 2. The maximum Gasteiger partial charge on any atom is 0.269 e. The van der Waals surface area contributed by atoms with E-state index in [-0.39, 0.29) is 21.2 Å². The molecule has 0 fully saturated rings. The number of hydrogen-bond acceptors (Lipinski definition) is 8. The average molecular weight is 456 g/mol. The molecular formula is C12H8N8O8S2. The van der Waals surface area contributed by atoms with Crippen LogP contribution in [-0.2, 0) is 20.0 Å². The van der Waals surface area contributed by atoms with Crippen LogP contribution in [0.25, 0.3) is 20.9 Å². The third-order valence-electron chi connectivity index (χ3n) is 2.98. The van der Waals surface area contributed by atoms with Crippen molar-refractivity contribution in [3.05, 3.63) is 89.6 Å². The molecular weight excluding hydrogens is 448 g/mol. The van der Waals surface area contributed by atoms with E-state index in [9.17, 15) is 37.1 Å². The van der Waals surface area contributed by atoms with Crippen LogP contribution in [0.15, 0.2) is 67.4 Å². The van der Waals surface area contributed by atoms with Gasteiger partial charge in [0.05, 0.1) is 19.6 Å². The largest absolute Gasteiger partial charge is 0.269 e. The van der Waals surface area contributed by atoms with Crippen molar-refractivity contribution in [2.24, 2.45) is 9.04 Å². The van der Waals surface area contributed by atoms with Gasteiger partial charge in [0, 0.05) is 43.1 Å². The maximum absolute atomic E-state index is 11.1. The number of hydrogen-bond donors (Lipinski definition) is 0. The van der Waals surface area contributed by atoms with Gasteiger partial charge in [-0.05, 0) is 35.3 Å². The molecule has 0 unspecified atom stereocenters. The number of rotatable bonds is 6. The molecule has 2 rings (SSSR count). The van der Waals surface area contributed by atoms with Crippen molar-refractivity contribution >= 4 is 31.4 Å². The molecule has 18 heteroatoms. The Balaban J connectivity index is 0.000000300. The fourth-order valence-electron chi connectivity index (χ4n) is 1.67. The Labute approximate surface area is 167 Å². The molecule has 0 amide bonds. The second-order valence-corrected chi connectivity index (χ2v) is 7.96. The highest BCUT2D eigenvalue weighted by Gasteiger charge is 2.14. The highest BCUT2D eigenvalue weighted by Crippen LogP contribution is 2.18. The SMILES string of the molecule is [N-]=[N+]=NS(=O)(=O)c1ccc([N+](=O)[O-])cc1.[N-]=[N+]=NS(=O)(=O)c1ccc([N+](=O)[O-])cc1. The molecule has 0 bridgehead atoms. The highest BCUT2D eigenvalue weighted by atomic mass is 32.2. The van der Waals surface area contributed by atoms with Crippen LogP contribution in [0.4, 0.5) is 11.4 Å². The Bertz CT molecular complexity index is 1160. The van der Waals surface area contributed by atoms with Crippen LogP contribution in [0.3, 0.4) is 0 Å². The first-order valence-corrected chi connectivity index (χ1v) is 9.94. The lowest BCUT2D eigenvalue weighted by molar-refractivity contribution is -0.385. The van der Waals surface area contributed by atoms with E-state index in [1.165, 1.54) is 0 Å². The summed E-state index contributed by atoms with van der Waals surface area (Å²) in [7, 11) is -8.13. The Morgan fingerprint density at radius 2 is 0.933 bits per heavy atom. The van der Waals surface area contributed by atoms with Crippen molar-refractivity contribution in [3.63, 3.8) is 0 Å². The van der Waals surface area contributed by atoms with E-state index in [4.69, 9.17) is 11.1 Å². The fourth-order valence-corrected chi connectivity index (χ4v) is 3.01. The highest BCUT2D eigenvalue weighted by molar-refractivity contribution is 7.90. The van der Waals surface area contributed by atoms with Crippen LogP contribution in [0.5, 0.6) is 0 Å². The van der Waals surface area contributed by atoms with Crippen LogP contribution >= 0.6 is 0 Å². The van der Waals surface area contributed by atoms with E-state index in [0.717, 1.165) is 48.5 Å². The second-order valence-electron chi connectivity index (χ2n) is 4.79. The lowest BCUT2D eigenvalue weighted by Crippen LogP contribution is -1.95. The molecule has 16 nitrogen and oxygen atoms in total. The number of non-ortho nitro benzene ring substituents is 2. The van der Waals surface area contributed by atoms with Crippen molar-refractivity contribution in [2.45, 2.75) is 9.79 Å². The van der Waals surface area contributed by atoms with Crippen molar-refractivity contribution in [3.8, 4) is 0 Å². The molecule has 0 aliphatic carbocycles. The van der Waals surface area contributed by atoms with Gasteiger partial charge in [-0.25, -0.2) is 16.8 Å². The molecule has 2 aromatic rings. The Morgan fingerprint density at radius 3 is 1.13 bits per heavy atom. The Kier molecular flexibility index (Phi) is 7.78. The number of sulfonamides is 2. The fraction of sp³-hybridized carbons (Fsp3) is 0. The number of nitro groups is 2. The third-order valence-corrected chi connectivity index (χ3v) is 5.29. The van der Waals surface area contributed by atoms with Gasteiger partial charge in [-0.15, -0.1) is 0 Å². The van der Waals surface area contributed by atoms with Gasteiger partial charge in [-0.3, -0.25) is 20.2 Å². The van der Waals surface area contributed by atoms with E-state index in [1.807, 2.05) is 0 Å². The normalized spacial score (nSPS) is 10.4. The molecule has 0 saturated heterocycles. The topological polar surface area (TPSA) is 252 Å². The van der Waals surface area contributed by atoms with Gasteiger partial charge in [-0.2, -0.15) is 0 Å². The Morgan fingerprint density at radius 1 is 0.667 bits per heavy atom. The van der Waals surface area contributed by atoms with Gasteiger partial charge in [-0.1, -0.05) is 0 Å².